The zero-order valence-electron chi connectivity index (χ0n) is 13.9. The Bertz CT molecular complexity index is 539. The van der Waals surface area contributed by atoms with E-state index in [-0.39, 0.29) is 6.42 Å². The lowest BCUT2D eigenvalue weighted by Crippen LogP contribution is -2.35. The predicted molar refractivity (Wildman–Crippen MR) is 76.3 cm³/mol. The predicted octanol–water partition coefficient (Wildman–Crippen LogP) is -0.351. The fraction of sp³-hybridized carbons (Fsp3) is 0.667. The summed E-state index contributed by atoms with van der Waals surface area (Å²) in [6.07, 6.45) is -1.38. The molecule has 0 unspecified atom stereocenters. The van der Waals surface area contributed by atoms with Crippen LogP contribution in [0.5, 0.6) is 0 Å². The van der Waals surface area contributed by atoms with E-state index >= 15 is 0 Å². The fourth-order valence-electron chi connectivity index (χ4n) is 3.00. The van der Waals surface area contributed by atoms with E-state index in [1.54, 1.807) is 0 Å². The van der Waals surface area contributed by atoms with E-state index in [1.807, 2.05) is 0 Å². The van der Waals surface area contributed by atoms with Crippen LogP contribution in [-0.2, 0) is 42.9 Å². The van der Waals surface area contributed by atoms with Crippen LogP contribution in [0.1, 0.15) is 19.8 Å². The molecule has 9 nitrogen and oxygen atoms in total. The Balaban J connectivity index is 3.17. The van der Waals surface area contributed by atoms with Gasteiger partial charge in [0.1, 0.15) is 6.10 Å². The largest absolute Gasteiger partial charge is 0.469 e. The second-order valence-electron chi connectivity index (χ2n) is 5.34. The summed E-state index contributed by atoms with van der Waals surface area (Å²) in [6, 6.07) is 0. The van der Waals surface area contributed by atoms with Gasteiger partial charge in [-0.2, -0.15) is 0 Å². The van der Waals surface area contributed by atoms with E-state index in [1.165, 1.54) is 0 Å². The molecular formula is C15H20O9. The van der Waals surface area contributed by atoms with Gasteiger partial charge in [-0.15, -0.1) is 0 Å². The van der Waals surface area contributed by atoms with E-state index in [9.17, 15) is 24.0 Å². The highest BCUT2D eigenvalue weighted by Crippen LogP contribution is 2.42. The average molecular weight is 344 g/mol. The van der Waals surface area contributed by atoms with Crippen LogP contribution in [-0.4, -0.2) is 57.1 Å². The number of ketones is 1. The first kappa shape index (κ1) is 19.6. The van der Waals surface area contributed by atoms with Crippen molar-refractivity contribution in [2.75, 3.05) is 21.3 Å². The van der Waals surface area contributed by atoms with Gasteiger partial charge < -0.3 is 18.9 Å². The first-order valence-corrected chi connectivity index (χ1v) is 7.20. The maximum atomic E-state index is 12.1. The number of carbonyl (C=O) groups excluding carboxylic acids is 5. The van der Waals surface area contributed by atoms with Gasteiger partial charge >= 0.3 is 23.9 Å². The summed E-state index contributed by atoms with van der Waals surface area (Å²) >= 11 is 0. The highest BCUT2D eigenvalue weighted by molar-refractivity contribution is 6.33. The molecule has 0 spiro atoms. The molecule has 0 saturated heterocycles. The molecule has 0 amide bonds. The zero-order chi connectivity index (χ0) is 18.4. The number of Topliss-reactive ketones (excluding diaryl/α,β-unsaturated/α-hetero) is 1. The van der Waals surface area contributed by atoms with Gasteiger partial charge in [-0.3, -0.25) is 19.2 Å². The third kappa shape index (κ3) is 4.30. The van der Waals surface area contributed by atoms with Crippen LogP contribution in [0.15, 0.2) is 0 Å². The second kappa shape index (κ2) is 8.42. The molecule has 1 saturated carbocycles. The summed E-state index contributed by atoms with van der Waals surface area (Å²) in [5.41, 5.74) is 0. The molecule has 134 valence electrons. The van der Waals surface area contributed by atoms with Gasteiger partial charge in [0.15, 0.2) is 0 Å². The summed E-state index contributed by atoms with van der Waals surface area (Å²) in [7, 11) is 3.35. The monoisotopic (exact) mass is 344 g/mol. The standard InChI is InChI=1S/C15H20O9/c1-7(16)24-11-6-9(13(18)21-2)8(12(11)15(20)23-4)5-10(17)14(19)22-3/h8-9,11-12H,5-6H2,1-4H3/t8-,9-,11+,12-/m0/s1. The lowest BCUT2D eigenvalue weighted by molar-refractivity contribution is -0.159. The minimum absolute atomic E-state index is 0.00879. The van der Waals surface area contributed by atoms with Crippen LogP contribution in [0, 0.1) is 17.8 Å². The Labute approximate surface area is 138 Å². The van der Waals surface area contributed by atoms with Crippen molar-refractivity contribution in [2.45, 2.75) is 25.9 Å². The van der Waals surface area contributed by atoms with Gasteiger partial charge in [-0.25, -0.2) is 4.79 Å². The molecule has 0 heterocycles. The van der Waals surface area contributed by atoms with Crippen molar-refractivity contribution in [1.82, 2.24) is 0 Å². The number of esters is 4. The molecule has 0 aromatic heterocycles. The maximum absolute atomic E-state index is 12.1. The maximum Gasteiger partial charge on any atom is 0.374 e. The lowest BCUT2D eigenvalue weighted by Gasteiger charge is -2.22. The van der Waals surface area contributed by atoms with Gasteiger partial charge in [-0.1, -0.05) is 0 Å². The number of rotatable bonds is 6. The molecule has 0 aromatic rings. The van der Waals surface area contributed by atoms with E-state index in [0.717, 1.165) is 28.3 Å². The number of hydrogen-bond acceptors (Lipinski definition) is 9. The van der Waals surface area contributed by atoms with Gasteiger partial charge in [0.25, 0.3) is 0 Å². The number of ether oxygens (including phenoxy) is 4. The Kier molecular flexibility index (Phi) is 6.87. The molecule has 0 bridgehead atoms. The average Bonchev–Trinajstić information content (AvgIpc) is 2.89. The normalized spacial score (nSPS) is 25.5. The third-order valence-corrected chi connectivity index (χ3v) is 3.99. The molecule has 9 heteroatoms. The first-order valence-electron chi connectivity index (χ1n) is 7.20. The van der Waals surface area contributed by atoms with Crippen molar-refractivity contribution >= 4 is 29.7 Å². The van der Waals surface area contributed by atoms with Crippen LogP contribution < -0.4 is 0 Å². The van der Waals surface area contributed by atoms with Gasteiger partial charge in [0.2, 0.25) is 5.78 Å². The van der Waals surface area contributed by atoms with E-state index in [2.05, 4.69) is 9.47 Å². The van der Waals surface area contributed by atoms with E-state index < -0.39 is 59.9 Å². The van der Waals surface area contributed by atoms with E-state index in [4.69, 9.17) is 9.47 Å². The molecule has 1 rings (SSSR count). The molecule has 24 heavy (non-hydrogen) atoms. The van der Waals surface area contributed by atoms with Crippen molar-refractivity contribution in [3.8, 4) is 0 Å². The Morgan fingerprint density at radius 1 is 0.917 bits per heavy atom. The minimum atomic E-state index is -1.09. The summed E-state index contributed by atoms with van der Waals surface area (Å²) < 4.78 is 18.8. The molecule has 4 atom stereocenters. The summed E-state index contributed by atoms with van der Waals surface area (Å²) in [5.74, 6) is -6.88. The summed E-state index contributed by atoms with van der Waals surface area (Å²) in [6.45, 7) is 1.16. The molecule has 1 aliphatic carbocycles. The first-order chi connectivity index (χ1) is 11.3. The number of carbonyl (C=O) groups is 5. The SMILES string of the molecule is COC(=O)C(=O)C[C@@H]1[C@H](C(=O)OC)[C@H](OC(C)=O)C[C@@H]1C(=O)OC. The Morgan fingerprint density at radius 2 is 1.50 bits per heavy atom. The minimum Gasteiger partial charge on any atom is -0.469 e. The highest BCUT2D eigenvalue weighted by atomic mass is 16.6. The fourth-order valence-corrected chi connectivity index (χ4v) is 3.00. The molecule has 0 N–H and O–H groups in total. The van der Waals surface area contributed by atoms with Crippen molar-refractivity contribution in [1.29, 1.82) is 0 Å². The number of hydrogen-bond donors (Lipinski definition) is 0. The van der Waals surface area contributed by atoms with Crippen molar-refractivity contribution in [3.05, 3.63) is 0 Å². The number of methoxy groups -OCH3 is 3. The highest BCUT2D eigenvalue weighted by Gasteiger charge is 2.53. The van der Waals surface area contributed by atoms with Gasteiger partial charge in [-0.05, 0) is 12.3 Å². The van der Waals surface area contributed by atoms with Crippen LogP contribution in [0.3, 0.4) is 0 Å². The molecule has 1 aliphatic rings. The molecule has 0 aromatic carbocycles. The molecular weight excluding hydrogens is 324 g/mol. The quantitative estimate of drug-likeness (QED) is 0.361. The zero-order valence-corrected chi connectivity index (χ0v) is 13.9. The van der Waals surface area contributed by atoms with Gasteiger partial charge in [0.05, 0.1) is 33.2 Å². The smallest absolute Gasteiger partial charge is 0.374 e. The lowest BCUT2D eigenvalue weighted by atomic mass is 9.84. The second-order valence-corrected chi connectivity index (χ2v) is 5.34. The van der Waals surface area contributed by atoms with Gasteiger partial charge in [0, 0.05) is 13.3 Å². The Morgan fingerprint density at radius 3 is 1.96 bits per heavy atom. The Hall–Kier alpha value is -2.45. The van der Waals surface area contributed by atoms with Crippen molar-refractivity contribution < 1.29 is 42.9 Å². The van der Waals surface area contributed by atoms with E-state index in [0.29, 0.717) is 0 Å². The van der Waals surface area contributed by atoms with Crippen molar-refractivity contribution in [2.24, 2.45) is 17.8 Å². The molecule has 0 aliphatic heterocycles. The summed E-state index contributed by atoms with van der Waals surface area (Å²) in [4.78, 5) is 58.6. The third-order valence-electron chi connectivity index (χ3n) is 3.99. The summed E-state index contributed by atoms with van der Waals surface area (Å²) in [5, 5.41) is 0. The van der Waals surface area contributed by atoms with Crippen LogP contribution >= 0.6 is 0 Å². The topological polar surface area (TPSA) is 122 Å². The van der Waals surface area contributed by atoms with Crippen molar-refractivity contribution in [3.63, 3.8) is 0 Å². The molecule has 0 radical (unpaired) electrons. The van der Waals surface area contributed by atoms with Crippen LogP contribution in [0.25, 0.3) is 0 Å². The van der Waals surface area contributed by atoms with Crippen LogP contribution in [0.2, 0.25) is 0 Å². The van der Waals surface area contributed by atoms with Crippen LogP contribution in [0.4, 0.5) is 0 Å². The molecule has 1 fully saturated rings.